The molecule has 3 rings (SSSR count). The van der Waals surface area contributed by atoms with Crippen molar-refractivity contribution in [3.8, 4) is 18.1 Å². The molecule has 0 saturated heterocycles. The highest BCUT2D eigenvalue weighted by Crippen LogP contribution is 2.17. The molecule has 1 N–H and O–H groups in total. The lowest BCUT2D eigenvalue weighted by atomic mass is 10.1. The summed E-state index contributed by atoms with van der Waals surface area (Å²) in [5, 5.41) is 2.84. The molecule has 0 radical (unpaired) electrons. The van der Waals surface area contributed by atoms with E-state index in [1.807, 2.05) is 48.5 Å². The lowest BCUT2D eigenvalue weighted by Crippen LogP contribution is -2.12. The summed E-state index contributed by atoms with van der Waals surface area (Å²) < 4.78 is 5.76. The molecule has 0 aliphatic heterocycles. The maximum Gasteiger partial charge on any atom is 0.255 e. The highest BCUT2D eigenvalue weighted by molar-refractivity contribution is 6.04. The summed E-state index contributed by atoms with van der Waals surface area (Å²) in [5.74, 6) is 2.99. The van der Waals surface area contributed by atoms with Crippen LogP contribution in [0.1, 0.15) is 21.5 Å². The Bertz CT molecular complexity index is 911. The molecular formula is C22H17NO2. The highest BCUT2D eigenvalue weighted by Gasteiger charge is 2.08. The van der Waals surface area contributed by atoms with Crippen molar-refractivity contribution in [2.24, 2.45) is 0 Å². The van der Waals surface area contributed by atoms with Gasteiger partial charge in [0.05, 0.1) is 0 Å². The zero-order chi connectivity index (χ0) is 17.5. The molecule has 0 heterocycles. The number of nitrogens with one attached hydrogen (secondary N) is 1. The molecule has 0 saturated carbocycles. The summed E-state index contributed by atoms with van der Waals surface area (Å²) in [6, 6.07) is 24.2. The third kappa shape index (κ3) is 4.49. The molecule has 0 aliphatic rings. The average Bonchev–Trinajstić information content (AvgIpc) is 2.67. The van der Waals surface area contributed by atoms with Gasteiger partial charge in [0.15, 0.2) is 0 Å². The molecule has 1 amide bonds. The van der Waals surface area contributed by atoms with Crippen molar-refractivity contribution >= 4 is 11.6 Å². The fourth-order valence-electron chi connectivity index (χ4n) is 2.36. The Balaban J connectivity index is 1.68. The molecule has 25 heavy (non-hydrogen) atoms. The molecule has 0 atom stereocenters. The Labute approximate surface area is 147 Å². The fourth-order valence-corrected chi connectivity index (χ4v) is 2.36. The molecule has 0 aromatic heterocycles. The monoisotopic (exact) mass is 327 g/mol. The maximum absolute atomic E-state index is 12.4. The van der Waals surface area contributed by atoms with E-state index in [4.69, 9.17) is 11.2 Å². The third-order valence-electron chi connectivity index (χ3n) is 3.63. The SMILES string of the molecule is C#Cc1cccc(NC(=O)c2cccc(OCc3ccccc3)c2)c1. The van der Waals surface area contributed by atoms with Crippen molar-refractivity contribution in [2.45, 2.75) is 6.61 Å². The van der Waals surface area contributed by atoms with E-state index in [0.29, 0.717) is 23.6 Å². The van der Waals surface area contributed by atoms with E-state index in [1.165, 1.54) is 0 Å². The van der Waals surface area contributed by atoms with Gasteiger partial charge < -0.3 is 10.1 Å². The first-order valence-corrected chi connectivity index (χ1v) is 7.89. The van der Waals surface area contributed by atoms with Crippen molar-refractivity contribution in [3.63, 3.8) is 0 Å². The predicted octanol–water partition coefficient (Wildman–Crippen LogP) is 4.50. The van der Waals surface area contributed by atoms with Crippen LogP contribution in [0.5, 0.6) is 5.75 Å². The van der Waals surface area contributed by atoms with Gasteiger partial charge in [-0.2, -0.15) is 0 Å². The number of amides is 1. The zero-order valence-electron chi connectivity index (χ0n) is 13.6. The van der Waals surface area contributed by atoms with Crippen LogP contribution in [0.2, 0.25) is 0 Å². The Hall–Kier alpha value is -3.51. The molecule has 122 valence electrons. The summed E-state index contributed by atoms with van der Waals surface area (Å²) in [7, 11) is 0. The largest absolute Gasteiger partial charge is 0.489 e. The molecule has 0 bridgehead atoms. The van der Waals surface area contributed by atoms with E-state index in [2.05, 4.69) is 11.2 Å². The van der Waals surface area contributed by atoms with Crippen LogP contribution >= 0.6 is 0 Å². The van der Waals surface area contributed by atoms with E-state index in [1.54, 1.807) is 30.3 Å². The average molecular weight is 327 g/mol. The second kappa shape index (κ2) is 7.85. The highest BCUT2D eigenvalue weighted by atomic mass is 16.5. The number of hydrogen-bond acceptors (Lipinski definition) is 2. The van der Waals surface area contributed by atoms with Crippen LogP contribution in [0.4, 0.5) is 5.69 Å². The van der Waals surface area contributed by atoms with Gasteiger partial charge in [-0.3, -0.25) is 4.79 Å². The van der Waals surface area contributed by atoms with Gasteiger partial charge in [-0.05, 0) is 42.0 Å². The number of anilines is 1. The molecule has 0 unspecified atom stereocenters. The van der Waals surface area contributed by atoms with Crippen molar-refractivity contribution in [1.82, 2.24) is 0 Å². The van der Waals surface area contributed by atoms with Crippen molar-refractivity contribution in [2.75, 3.05) is 5.32 Å². The summed E-state index contributed by atoms with van der Waals surface area (Å²) in [6.45, 7) is 0.454. The lowest BCUT2D eigenvalue weighted by Gasteiger charge is -2.09. The summed E-state index contributed by atoms with van der Waals surface area (Å²) in [6.07, 6.45) is 5.38. The number of carbonyl (C=O) groups is 1. The Morgan fingerprint density at radius 2 is 1.76 bits per heavy atom. The van der Waals surface area contributed by atoms with Crippen LogP contribution < -0.4 is 10.1 Å². The second-order valence-electron chi connectivity index (χ2n) is 5.48. The number of ether oxygens (including phenoxy) is 1. The van der Waals surface area contributed by atoms with Gasteiger partial charge in [-0.1, -0.05) is 48.4 Å². The quantitative estimate of drug-likeness (QED) is 0.701. The molecule has 3 aromatic rings. The van der Waals surface area contributed by atoms with Crippen LogP contribution in [0.3, 0.4) is 0 Å². The van der Waals surface area contributed by atoms with Gasteiger partial charge in [0.1, 0.15) is 12.4 Å². The smallest absolute Gasteiger partial charge is 0.255 e. The van der Waals surface area contributed by atoms with Crippen molar-refractivity contribution in [1.29, 1.82) is 0 Å². The van der Waals surface area contributed by atoms with E-state index >= 15 is 0 Å². The third-order valence-corrected chi connectivity index (χ3v) is 3.63. The van der Waals surface area contributed by atoms with E-state index in [9.17, 15) is 4.79 Å². The normalized spacial score (nSPS) is 9.88. The van der Waals surface area contributed by atoms with Gasteiger partial charge in [0.25, 0.3) is 5.91 Å². The molecule has 3 heteroatoms. The maximum atomic E-state index is 12.4. The fraction of sp³-hybridized carbons (Fsp3) is 0.0455. The minimum Gasteiger partial charge on any atom is -0.489 e. The van der Waals surface area contributed by atoms with Gasteiger partial charge in [-0.15, -0.1) is 6.42 Å². The van der Waals surface area contributed by atoms with Gasteiger partial charge in [-0.25, -0.2) is 0 Å². The van der Waals surface area contributed by atoms with Crippen molar-refractivity contribution in [3.05, 3.63) is 95.6 Å². The summed E-state index contributed by atoms with van der Waals surface area (Å²) >= 11 is 0. The Morgan fingerprint density at radius 3 is 2.56 bits per heavy atom. The molecule has 0 fully saturated rings. The predicted molar refractivity (Wildman–Crippen MR) is 99.5 cm³/mol. The first-order valence-electron chi connectivity index (χ1n) is 7.89. The molecular weight excluding hydrogens is 310 g/mol. The van der Waals surface area contributed by atoms with Crippen LogP contribution in [0.15, 0.2) is 78.9 Å². The minimum atomic E-state index is -0.209. The summed E-state index contributed by atoms with van der Waals surface area (Å²) in [5.41, 5.74) is 2.98. The number of hydrogen-bond donors (Lipinski definition) is 1. The van der Waals surface area contributed by atoms with Crippen LogP contribution in [-0.4, -0.2) is 5.91 Å². The number of benzene rings is 3. The Kier molecular flexibility index (Phi) is 5.13. The van der Waals surface area contributed by atoms with Crippen LogP contribution in [-0.2, 0) is 6.61 Å². The Morgan fingerprint density at radius 1 is 0.960 bits per heavy atom. The summed E-state index contributed by atoms with van der Waals surface area (Å²) in [4.78, 5) is 12.4. The first kappa shape index (κ1) is 16.4. The number of carbonyl (C=O) groups excluding carboxylic acids is 1. The molecule has 0 aliphatic carbocycles. The second-order valence-corrected chi connectivity index (χ2v) is 5.48. The van der Waals surface area contributed by atoms with Gasteiger partial charge in [0.2, 0.25) is 0 Å². The van der Waals surface area contributed by atoms with Gasteiger partial charge in [0, 0.05) is 16.8 Å². The molecule has 3 nitrogen and oxygen atoms in total. The van der Waals surface area contributed by atoms with Crippen LogP contribution in [0.25, 0.3) is 0 Å². The van der Waals surface area contributed by atoms with E-state index in [-0.39, 0.29) is 5.91 Å². The first-order chi connectivity index (χ1) is 12.2. The lowest BCUT2D eigenvalue weighted by molar-refractivity contribution is 0.102. The van der Waals surface area contributed by atoms with Gasteiger partial charge >= 0.3 is 0 Å². The standard InChI is InChI=1S/C22H17NO2/c1-2-17-10-6-12-20(14-17)23-22(24)19-11-7-13-21(15-19)25-16-18-8-4-3-5-9-18/h1,3-15H,16H2,(H,23,24). The van der Waals surface area contributed by atoms with Crippen molar-refractivity contribution < 1.29 is 9.53 Å². The van der Waals surface area contributed by atoms with Crippen LogP contribution in [0, 0.1) is 12.3 Å². The van der Waals surface area contributed by atoms with E-state index < -0.39 is 0 Å². The minimum absolute atomic E-state index is 0.209. The molecule has 0 spiro atoms. The molecule has 3 aromatic carbocycles. The zero-order valence-corrected chi connectivity index (χ0v) is 13.6. The van der Waals surface area contributed by atoms with E-state index in [0.717, 1.165) is 11.1 Å². The number of terminal acetylenes is 1. The number of rotatable bonds is 5. The topological polar surface area (TPSA) is 38.3 Å².